The summed E-state index contributed by atoms with van der Waals surface area (Å²) in [5.74, 6) is 0.821. The lowest BCUT2D eigenvalue weighted by Crippen LogP contribution is -1.89. The highest BCUT2D eigenvalue weighted by Crippen LogP contribution is 2.32. The molecule has 0 radical (unpaired) electrons. The lowest BCUT2D eigenvalue weighted by atomic mass is 10.1. The number of hydrogen-bond donors (Lipinski definition) is 1. The number of rotatable bonds is 3. The maximum Gasteiger partial charge on any atom is 0.212 e. The minimum absolute atomic E-state index is 0.466. The highest BCUT2D eigenvalue weighted by Gasteiger charge is 2.15. The van der Waals surface area contributed by atoms with Gasteiger partial charge in [-0.15, -0.1) is 0 Å². The quantitative estimate of drug-likeness (QED) is 0.631. The molecule has 0 spiro atoms. The van der Waals surface area contributed by atoms with Crippen LogP contribution < -0.4 is 0 Å². The van der Waals surface area contributed by atoms with E-state index in [1.807, 2.05) is 17.6 Å². The zero-order valence-electron chi connectivity index (χ0n) is 12.5. The van der Waals surface area contributed by atoms with Crippen LogP contribution in [0.15, 0.2) is 18.3 Å². The first-order valence-electron chi connectivity index (χ1n) is 6.95. The number of ether oxygens (including phenoxy) is 1. The molecular formula is C15H15N5OS. The first-order chi connectivity index (χ1) is 10.6. The first-order valence-corrected chi connectivity index (χ1v) is 7.77. The van der Waals surface area contributed by atoms with Crippen molar-refractivity contribution >= 4 is 27.3 Å². The Morgan fingerprint density at radius 1 is 1.27 bits per heavy atom. The Balaban J connectivity index is 1.93. The fourth-order valence-electron chi connectivity index (χ4n) is 2.60. The fourth-order valence-corrected chi connectivity index (χ4v) is 3.54. The minimum atomic E-state index is 0.466. The topological polar surface area (TPSA) is 68.1 Å². The summed E-state index contributed by atoms with van der Waals surface area (Å²) in [4.78, 5) is 13.3. The van der Waals surface area contributed by atoms with Gasteiger partial charge in [-0.1, -0.05) is 11.3 Å². The number of fused-ring (bicyclic) bond motifs is 2. The van der Waals surface area contributed by atoms with Crippen molar-refractivity contribution in [2.24, 2.45) is 0 Å². The van der Waals surface area contributed by atoms with Gasteiger partial charge in [0.2, 0.25) is 4.96 Å². The molecule has 4 rings (SSSR count). The van der Waals surface area contributed by atoms with Gasteiger partial charge in [-0.05, 0) is 31.5 Å². The molecule has 0 saturated carbocycles. The molecule has 1 N–H and O–H groups in total. The number of aromatic amines is 1. The van der Waals surface area contributed by atoms with Gasteiger partial charge >= 0.3 is 0 Å². The van der Waals surface area contributed by atoms with Gasteiger partial charge in [0.15, 0.2) is 0 Å². The number of methoxy groups -OCH3 is 1. The summed E-state index contributed by atoms with van der Waals surface area (Å²) in [6, 6.07) is 4.21. The Kier molecular flexibility index (Phi) is 2.98. The van der Waals surface area contributed by atoms with Gasteiger partial charge < -0.3 is 9.72 Å². The van der Waals surface area contributed by atoms with Crippen LogP contribution in [0, 0.1) is 13.8 Å². The van der Waals surface area contributed by atoms with Gasteiger partial charge in [-0.25, -0.2) is 14.5 Å². The number of aryl methyl sites for hydroxylation is 2. The predicted molar refractivity (Wildman–Crippen MR) is 86.1 cm³/mol. The van der Waals surface area contributed by atoms with Crippen LogP contribution in [0.3, 0.4) is 0 Å². The van der Waals surface area contributed by atoms with Crippen molar-refractivity contribution in [3.63, 3.8) is 0 Å². The zero-order valence-corrected chi connectivity index (χ0v) is 13.4. The maximum absolute atomic E-state index is 5.16. The van der Waals surface area contributed by atoms with Crippen molar-refractivity contribution in [3.8, 4) is 10.6 Å². The molecule has 0 bridgehead atoms. The number of H-pyrrole nitrogens is 1. The number of hydrogen-bond acceptors (Lipinski definition) is 5. The van der Waals surface area contributed by atoms with Crippen LogP contribution in [0.2, 0.25) is 0 Å². The Hall–Kier alpha value is -2.25. The van der Waals surface area contributed by atoms with E-state index in [2.05, 4.69) is 39.1 Å². The molecular weight excluding hydrogens is 298 g/mol. The molecule has 22 heavy (non-hydrogen) atoms. The first kappa shape index (κ1) is 13.4. The summed E-state index contributed by atoms with van der Waals surface area (Å²) in [6.45, 7) is 4.51. The second-order valence-electron chi connectivity index (χ2n) is 5.34. The third kappa shape index (κ3) is 2.10. The molecule has 0 amide bonds. The maximum atomic E-state index is 5.16. The minimum Gasteiger partial charge on any atom is -0.377 e. The van der Waals surface area contributed by atoms with Crippen LogP contribution in [-0.4, -0.2) is 31.7 Å². The normalized spacial score (nSPS) is 11.8. The molecule has 0 fully saturated rings. The molecule has 112 valence electrons. The standard InChI is InChI=1S/C15H15N5OS/c1-8-4-10(13-11(5-8)17-12(18-13)7-21-3)14-19-20-6-9(2)16-15(20)22-14/h4-6H,7H2,1-3H3,(H,17,18). The van der Waals surface area contributed by atoms with Crippen LogP contribution >= 0.6 is 11.3 Å². The molecule has 0 unspecified atom stereocenters. The van der Waals surface area contributed by atoms with Crippen LogP contribution in [0.25, 0.3) is 26.6 Å². The van der Waals surface area contributed by atoms with Crippen molar-refractivity contribution in [1.82, 2.24) is 24.6 Å². The molecule has 0 aliphatic carbocycles. The Morgan fingerprint density at radius 3 is 2.91 bits per heavy atom. The number of aromatic nitrogens is 5. The monoisotopic (exact) mass is 313 g/mol. The van der Waals surface area contributed by atoms with Gasteiger partial charge in [0, 0.05) is 12.7 Å². The summed E-state index contributed by atoms with van der Waals surface area (Å²) in [7, 11) is 1.66. The van der Waals surface area contributed by atoms with Gasteiger partial charge in [-0.3, -0.25) is 0 Å². The van der Waals surface area contributed by atoms with E-state index >= 15 is 0 Å². The van der Waals surface area contributed by atoms with Crippen LogP contribution in [0.1, 0.15) is 17.1 Å². The smallest absolute Gasteiger partial charge is 0.212 e. The molecule has 3 heterocycles. The van der Waals surface area contributed by atoms with Gasteiger partial charge in [-0.2, -0.15) is 5.10 Å². The Morgan fingerprint density at radius 2 is 2.14 bits per heavy atom. The third-order valence-electron chi connectivity index (χ3n) is 3.46. The lowest BCUT2D eigenvalue weighted by molar-refractivity contribution is 0.179. The molecule has 0 aliphatic heterocycles. The van der Waals surface area contributed by atoms with Crippen LogP contribution in [0.5, 0.6) is 0 Å². The zero-order chi connectivity index (χ0) is 15.3. The molecule has 7 heteroatoms. The Bertz CT molecular complexity index is 949. The van der Waals surface area contributed by atoms with Crippen molar-refractivity contribution in [2.75, 3.05) is 7.11 Å². The van der Waals surface area contributed by atoms with E-state index in [1.54, 1.807) is 18.4 Å². The summed E-state index contributed by atoms with van der Waals surface area (Å²) in [6.07, 6.45) is 1.93. The molecule has 0 saturated heterocycles. The van der Waals surface area contributed by atoms with E-state index in [4.69, 9.17) is 4.74 Å². The van der Waals surface area contributed by atoms with E-state index in [9.17, 15) is 0 Å². The molecule has 0 aliphatic rings. The van der Waals surface area contributed by atoms with Crippen molar-refractivity contribution in [3.05, 3.63) is 35.4 Å². The van der Waals surface area contributed by atoms with Crippen LogP contribution in [-0.2, 0) is 11.3 Å². The highest BCUT2D eigenvalue weighted by atomic mass is 32.1. The number of imidazole rings is 2. The summed E-state index contributed by atoms with van der Waals surface area (Å²) < 4.78 is 6.99. The summed E-state index contributed by atoms with van der Waals surface area (Å²) >= 11 is 1.57. The third-order valence-corrected chi connectivity index (χ3v) is 4.41. The summed E-state index contributed by atoms with van der Waals surface area (Å²) in [5, 5.41) is 5.56. The molecule has 0 atom stereocenters. The van der Waals surface area contributed by atoms with Crippen LogP contribution in [0.4, 0.5) is 0 Å². The highest BCUT2D eigenvalue weighted by molar-refractivity contribution is 7.19. The van der Waals surface area contributed by atoms with Crippen molar-refractivity contribution in [1.29, 1.82) is 0 Å². The second kappa shape index (κ2) is 4.89. The Labute approximate surface area is 130 Å². The number of nitrogens with one attached hydrogen (secondary N) is 1. The van der Waals surface area contributed by atoms with E-state index < -0.39 is 0 Å². The number of benzene rings is 1. The largest absolute Gasteiger partial charge is 0.377 e. The predicted octanol–water partition coefficient (Wildman–Crippen LogP) is 3.10. The lowest BCUT2D eigenvalue weighted by Gasteiger charge is -1.99. The van der Waals surface area contributed by atoms with E-state index in [0.717, 1.165) is 38.1 Å². The molecule has 1 aromatic carbocycles. The van der Waals surface area contributed by atoms with Gasteiger partial charge in [0.25, 0.3) is 0 Å². The average molecular weight is 313 g/mol. The van der Waals surface area contributed by atoms with E-state index in [0.29, 0.717) is 6.61 Å². The van der Waals surface area contributed by atoms with Crippen molar-refractivity contribution in [2.45, 2.75) is 20.5 Å². The van der Waals surface area contributed by atoms with E-state index in [-0.39, 0.29) is 0 Å². The van der Waals surface area contributed by atoms with Gasteiger partial charge in [0.05, 0.1) is 22.9 Å². The number of nitrogens with zero attached hydrogens (tertiary/aromatic N) is 4. The molecule has 4 aromatic rings. The van der Waals surface area contributed by atoms with Gasteiger partial charge in [0.1, 0.15) is 17.4 Å². The van der Waals surface area contributed by atoms with Crippen molar-refractivity contribution < 1.29 is 4.74 Å². The molecule has 6 nitrogen and oxygen atoms in total. The fraction of sp³-hybridized carbons (Fsp3) is 0.267. The summed E-state index contributed by atoms with van der Waals surface area (Å²) in [5.41, 5.74) is 5.10. The SMILES string of the molecule is COCc1nc2c(-c3nn4cc(C)nc4s3)cc(C)cc2[nH]1. The second-order valence-corrected chi connectivity index (χ2v) is 6.30. The average Bonchev–Trinajstić information content (AvgIpc) is 3.10. The van der Waals surface area contributed by atoms with E-state index in [1.165, 1.54) is 5.56 Å². The molecule has 3 aromatic heterocycles.